The van der Waals surface area contributed by atoms with E-state index in [2.05, 4.69) is 6.92 Å². The normalized spacial score (nSPS) is 57.3. The summed E-state index contributed by atoms with van der Waals surface area (Å²) in [7, 11) is 0. The van der Waals surface area contributed by atoms with Gasteiger partial charge in [0, 0.05) is 5.41 Å². The van der Waals surface area contributed by atoms with Gasteiger partial charge in [-0.15, -0.1) is 0 Å². The van der Waals surface area contributed by atoms with Crippen LogP contribution in [0.3, 0.4) is 0 Å². The van der Waals surface area contributed by atoms with Gasteiger partial charge in [0.1, 0.15) is 24.4 Å². The van der Waals surface area contributed by atoms with E-state index >= 15 is 0 Å². The van der Waals surface area contributed by atoms with E-state index in [1.165, 1.54) is 0 Å². The standard InChI is InChI=1S/C21H36O8/c1-19(2,27)9-5-6-20(3)10-7-12(21(20,4)17(26)13(9)10)29-18-16(25)15(24)14(23)11(8-22)28-18/h9-18,22-27H,5-8H2,1-4H3/t9-,10+,11+,12+,13+,14+,15-,16+,17+,18-,20-,21+/m0/s1. The summed E-state index contributed by atoms with van der Waals surface area (Å²) in [6, 6.07) is 0. The molecule has 3 aliphatic carbocycles. The van der Waals surface area contributed by atoms with Crippen LogP contribution in [0.5, 0.6) is 0 Å². The molecule has 0 aromatic rings. The second kappa shape index (κ2) is 6.84. The lowest BCUT2D eigenvalue weighted by molar-refractivity contribution is -0.323. The molecule has 4 fully saturated rings. The van der Waals surface area contributed by atoms with Crippen molar-refractivity contribution in [1.82, 2.24) is 0 Å². The number of aliphatic hydroxyl groups is 6. The van der Waals surface area contributed by atoms with Gasteiger partial charge >= 0.3 is 0 Å². The molecule has 6 N–H and O–H groups in total. The Kier molecular flexibility index (Phi) is 5.16. The molecule has 1 heterocycles. The first-order chi connectivity index (χ1) is 13.4. The Hall–Kier alpha value is -0.320. The van der Waals surface area contributed by atoms with Crippen molar-refractivity contribution in [2.24, 2.45) is 28.6 Å². The lowest BCUT2D eigenvalue weighted by Crippen LogP contribution is -2.61. The Morgan fingerprint density at radius 1 is 1.07 bits per heavy atom. The molecule has 12 atom stereocenters. The van der Waals surface area contributed by atoms with Crippen molar-refractivity contribution in [2.45, 2.75) is 95.5 Å². The molecule has 4 bridgehead atoms. The second-order valence-corrected chi connectivity index (χ2v) is 10.7. The van der Waals surface area contributed by atoms with Crippen molar-refractivity contribution in [3.8, 4) is 0 Å². The van der Waals surface area contributed by atoms with E-state index in [-0.39, 0.29) is 23.2 Å². The first-order valence-corrected chi connectivity index (χ1v) is 10.7. The highest BCUT2D eigenvalue weighted by Gasteiger charge is 2.76. The summed E-state index contributed by atoms with van der Waals surface area (Å²) in [4.78, 5) is 0. The van der Waals surface area contributed by atoms with Crippen LogP contribution in [0.1, 0.15) is 47.0 Å². The van der Waals surface area contributed by atoms with E-state index in [1.54, 1.807) is 0 Å². The van der Waals surface area contributed by atoms with E-state index < -0.39 is 60.5 Å². The summed E-state index contributed by atoms with van der Waals surface area (Å²) in [6.45, 7) is 7.30. The number of ether oxygens (including phenoxy) is 2. The predicted octanol–water partition coefficient (Wildman–Crippen LogP) is -0.624. The van der Waals surface area contributed by atoms with Crippen molar-refractivity contribution in [3.05, 3.63) is 0 Å². The fourth-order valence-corrected chi connectivity index (χ4v) is 7.20. The van der Waals surface area contributed by atoms with E-state index in [1.807, 2.05) is 20.8 Å². The van der Waals surface area contributed by atoms with Crippen molar-refractivity contribution in [2.75, 3.05) is 6.61 Å². The van der Waals surface area contributed by atoms with Crippen LogP contribution >= 0.6 is 0 Å². The van der Waals surface area contributed by atoms with Crippen LogP contribution < -0.4 is 0 Å². The molecular weight excluding hydrogens is 380 g/mol. The monoisotopic (exact) mass is 416 g/mol. The van der Waals surface area contributed by atoms with Crippen LogP contribution in [-0.2, 0) is 9.47 Å². The van der Waals surface area contributed by atoms with E-state index in [9.17, 15) is 30.6 Å². The topological polar surface area (TPSA) is 140 Å². The highest BCUT2D eigenvalue weighted by Crippen LogP contribution is 2.75. The summed E-state index contributed by atoms with van der Waals surface area (Å²) in [5, 5.41) is 61.9. The average Bonchev–Trinajstić information content (AvgIpc) is 2.92. The molecular formula is C21H36O8. The molecule has 0 spiro atoms. The van der Waals surface area contributed by atoms with Gasteiger partial charge in [-0.25, -0.2) is 0 Å². The van der Waals surface area contributed by atoms with Crippen LogP contribution in [0.4, 0.5) is 0 Å². The van der Waals surface area contributed by atoms with Crippen LogP contribution in [0.2, 0.25) is 0 Å². The van der Waals surface area contributed by atoms with E-state index in [4.69, 9.17) is 9.47 Å². The Labute approximate surface area is 171 Å². The Balaban J connectivity index is 1.58. The third-order valence-electron chi connectivity index (χ3n) is 9.12. The minimum atomic E-state index is -1.49. The third-order valence-corrected chi connectivity index (χ3v) is 9.12. The first kappa shape index (κ1) is 21.9. The van der Waals surface area contributed by atoms with Gasteiger partial charge in [-0.3, -0.25) is 0 Å². The Morgan fingerprint density at radius 3 is 2.31 bits per heavy atom. The molecule has 4 rings (SSSR count). The minimum absolute atomic E-state index is 0.00519. The number of rotatable bonds is 4. The van der Waals surface area contributed by atoms with Crippen molar-refractivity contribution in [3.63, 3.8) is 0 Å². The third kappa shape index (κ3) is 2.80. The highest BCUT2D eigenvalue weighted by molar-refractivity contribution is 5.24. The fourth-order valence-electron chi connectivity index (χ4n) is 7.20. The van der Waals surface area contributed by atoms with Gasteiger partial charge in [-0.05, 0) is 56.3 Å². The maximum absolute atomic E-state index is 11.4. The van der Waals surface area contributed by atoms with Crippen molar-refractivity contribution < 1.29 is 40.1 Å². The quantitative estimate of drug-likeness (QED) is 0.333. The van der Waals surface area contributed by atoms with Gasteiger partial charge in [0.15, 0.2) is 6.29 Å². The lowest BCUT2D eigenvalue weighted by atomic mass is 9.60. The zero-order valence-corrected chi connectivity index (χ0v) is 17.6. The zero-order chi connectivity index (χ0) is 21.5. The second-order valence-electron chi connectivity index (χ2n) is 10.7. The molecule has 3 saturated carbocycles. The molecule has 1 aliphatic heterocycles. The summed E-state index contributed by atoms with van der Waals surface area (Å²) >= 11 is 0. The van der Waals surface area contributed by atoms with Crippen molar-refractivity contribution in [1.29, 1.82) is 0 Å². The van der Waals surface area contributed by atoms with Crippen LogP contribution in [-0.4, -0.2) is 85.8 Å². The summed E-state index contributed by atoms with van der Waals surface area (Å²) in [5.74, 6) is 0.154. The van der Waals surface area contributed by atoms with Crippen LogP contribution in [0, 0.1) is 28.6 Å². The summed E-state index contributed by atoms with van der Waals surface area (Å²) in [6.07, 6.45) is -5.31. The minimum Gasteiger partial charge on any atom is -0.394 e. The molecule has 8 heteroatoms. The Morgan fingerprint density at radius 2 is 1.72 bits per heavy atom. The first-order valence-electron chi connectivity index (χ1n) is 10.7. The van der Waals surface area contributed by atoms with Gasteiger partial charge < -0.3 is 40.1 Å². The van der Waals surface area contributed by atoms with Gasteiger partial charge in [0.25, 0.3) is 0 Å². The fraction of sp³-hybridized carbons (Fsp3) is 1.00. The predicted molar refractivity (Wildman–Crippen MR) is 101 cm³/mol. The smallest absolute Gasteiger partial charge is 0.186 e. The lowest BCUT2D eigenvalue weighted by Gasteiger charge is -2.47. The number of hydrogen-bond donors (Lipinski definition) is 6. The number of hydrogen-bond acceptors (Lipinski definition) is 8. The molecule has 0 amide bonds. The summed E-state index contributed by atoms with van der Waals surface area (Å²) < 4.78 is 11.7. The molecule has 168 valence electrons. The van der Waals surface area contributed by atoms with Gasteiger partial charge in [0.2, 0.25) is 0 Å². The molecule has 0 aromatic heterocycles. The molecule has 29 heavy (non-hydrogen) atoms. The van der Waals surface area contributed by atoms with Crippen molar-refractivity contribution >= 4 is 0 Å². The van der Waals surface area contributed by atoms with Gasteiger partial charge in [0.05, 0.1) is 24.4 Å². The summed E-state index contributed by atoms with van der Waals surface area (Å²) in [5.41, 5.74) is -1.64. The number of aliphatic hydroxyl groups excluding tert-OH is 5. The van der Waals surface area contributed by atoms with Gasteiger partial charge in [-0.2, -0.15) is 0 Å². The molecule has 0 aromatic carbocycles. The SMILES string of the molecule is CC(C)(O)[C@H]1CC[C@@]2(C)[C@@H]3C[C@@H](O[C@@H]4O[C@H](CO)[C@@H](O)[C@H](O)[C@H]4O)[C@]2(C)[C@H](O)[C@@H]31. The largest absolute Gasteiger partial charge is 0.394 e. The zero-order valence-electron chi connectivity index (χ0n) is 17.6. The molecule has 8 nitrogen and oxygen atoms in total. The molecule has 1 saturated heterocycles. The van der Waals surface area contributed by atoms with Gasteiger partial charge in [-0.1, -0.05) is 13.8 Å². The van der Waals surface area contributed by atoms with Crippen LogP contribution in [0.15, 0.2) is 0 Å². The molecule has 0 unspecified atom stereocenters. The molecule has 0 radical (unpaired) electrons. The average molecular weight is 417 g/mol. The van der Waals surface area contributed by atoms with E-state index in [0.717, 1.165) is 12.8 Å². The maximum atomic E-state index is 11.4. The highest BCUT2D eigenvalue weighted by atomic mass is 16.7. The van der Waals surface area contributed by atoms with Crippen LogP contribution in [0.25, 0.3) is 0 Å². The van der Waals surface area contributed by atoms with E-state index in [0.29, 0.717) is 6.42 Å². The molecule has 4 aliphatic rings. The maximum Gasteiger partial charge on any atom is 0.186 e. The Bertz CT molecular complexity index is 635.